The lowest BCUT2D eigenvalue weighted by molar-refractivity contribution is 0.102. The molecule has 1 amide bonds. The van der Waals surface area contributed by atoms with E-state index in [-0.39, 0.29) is 5.91 Å². The van der Waals surface area contributed by atoms with Gasteiger partial charge in [0.15, 0.2) is 4.67 Å². The van der Waals surface area contributed by atoms with Crippen LogP contribution in [0.5, 0.6) is 0 Å². The van der Waals surface area contributed by atoms with Gasteiger partial charge in [0, 0.05) is 24.5 Å². The number of rotatable bonds is 3. The van der Waals surface area contributed by atoms with Gasteiger partial charge in [-0.05, 0) is 65.5 Å². The Hall–Kier alpha value is -1.75. The zero-order chi connectivity index (χ0) is 14.8. The fourth-order valence-corrected chi connectivity index (χ4v) is 3.03. The van der Waals surface area contributed by atoms with Gasteiger partial charge in [0.05, 0.1) is 11.8 Å². The molecule has 0 atom stereocenters. The van der Waals surface area contributed by atoms with Crippen LogP contribution >= 0.6 is 15.9 Å². The van der Waals surface area contributed by atoms with Crippen LogP contribution in [0.3, 0.4) is 0 Å². The van der Waals surface area contributed by atoms with Crippen LogP contribution < -0.4 is 10.2 Å². The molecule has 2 heterocycles. The van der Waals surface area contributed by atoms with Crippen molar-refractivity contribution in [3.05, 3.63) is 46.3 Å². The number of halogens is 1. The summed E-state index contributed by atoms with van der Waals surface area (Å²) in [5.41, 5.74) is 3.62. The van der Waals surface area contributed by atoms with E-state index >= 15 is 0 Å². The van der Waals surface area contributed by atoms with Crippen LogP contribution in [0.25, 0.3) is 0 Å². The molecule has 1 aliphatic rings. The van der Waals surface area contributed by atoms with E-state index in [0.29, 0.717) is 10.2 Å². The maximum absolute atomic E-state index is 12.2. The normalized spacial score (nSPS) is 14.5. The van der Waals surface area contributed by atoms with E-state index in [9.17, 15) is 4.79 Å². The zero-order valence-corrected chi connectivity index (χ0v) is 13.4. The lowest BCUT2D eigenvalue weighted by Crippen LogP contribution is -2.18. The van der Waals surface area contributed by atoms with Gasteiger partial charge in [-0.3, -0.25) is 4.79 Å². The van der Waals surface area contributed by atoms with Crippen molar-refractivity contribution in [2.45, 2.75) is 19.8 Å². The molecule has 0 unspecified atom stereocenters. The van der Waals surface area contributed by atoms with Gasteiger partial charge in [-0.1, -0.05) is 0 Å². The van der Waals surface area contributed by atoms with Crippen molar-refractivity contribution in [2.75, 3.05) is 23.3 Å². The summed E-state index contributed by atoms with van der Waals surface area (Å²) >= 11 is 3.22. The number of amides is 1. The average Bonchev–Trinajstić information content (AvgIpc) is 3.12. The number of hydrogen-bond acceptors (Lipinski definition) is 3. The molecule has 21 heavy (non-hydrogen) atoms. The summed E-state index contributed by atoms with van der Waals surface area (Å²) in [7, 11) is 0. The van der Waals surface area contributed by atoms with E-state index in [2.05, 4.69) is 38.3 Å². The van der Waals surface area contributed by atoms with Gasteiger partial charge in [0.25, 0.3) is 5.91 Å². The number of anilines is 2. The highest BCUT2D eigenvalue weighted by Crippen LogP contribution is 2.26. The predicted octanol–water partition coefficient (Wildman–Crippen LogP) is 4.20. The highest BCUT2D eigenvalue weighted by atomic mass is 79.9. The highest BCUT2D eigenvalue weighted by Gasteiger charge is 2.16. The monoisotopic (exact) mass is 348 g/mol. The van der Waals surface area contributed by atoms with Gasteiger partial charge < -0.3 is 14.6 Å². The number of nitrogens with one attached hydrogen (secondary N) is 1. The number of aryl methyl sites for hydroxylation is 1. The quantitative estimate of drug-likeness (QED) is 0.903. The largest absolute Gasteiger partial charge is 0.457 e. The molecule has 5 heteroatoms. The van der Waals surface area contributed by atoms with Crippen molar-refractivity contribution < 1.29 is 9.21 Å². The first-order valence-corrected chi connectivity index (χ1v) is 7.84. The van der Waals surface area contributed by atoms with Crippen molar-refractivity contribution >= 4 is 33.2 Å². The van der Waals surface area contributed by atoms with Crippen LogP contribution in [0, 0.1) is 6.92 Å². The van der Waals surface area contributed by atoms with Crippen LogP contribution in [0.4, 0.5) is 11.4 Å². The van der Waals surface area contributed by atoms with E-state index in [1.165, 1.54) is 24.8 Å². The minimum atomic E-state index is -0.173. The molecular formula is C16H17BrN2O2. The van der Waals surface area contributed by atoms with Crippen molar-refractivity contribution in [1.82, 2.24) is 0 Å². The molecule has 1 saturated heterocycles. The molecular weight excluding hydrogens is 332 g/mol. The minimum Gasteiger partial charge on any atom is -0.457 e. The first-order valence-electron chi connectivity index (χ1n) is 7.05. The van der Waals surface area contributed by atoms with Crippen LogP contribution in [0.15, 0.2) is 39.6 Å². The summed E-state index contributed by atoms with van der Waals surface area (Å²) in [4.78, 5) is 14.6. The molecule has 4 nitrogen and oxygen atoms in total. The molecule has 0 spiro atoms. The van der Waals surface area contributed by atoms with Gasteiger partial charge >= 0.3 is 0 Å². The Balaban J connectivity index is 1.77. The lowest BCUT2D eigenvalue weighted by atomic mass is 10.1. The third-order valence-corrected chi connectivity index (χ3v) is 4.41. The molecule has 110 valence electrons. The first-order chi connectivity index (χ1) is 10.1. The second-order valence-electron chi connectivity index (χ2n) is 5.26. The van der Waals surface area contributed by atoms with E-state index in [0.717, 1.165) is 24.3 Å². The van der Waals surface area contributed by atoms with E-state index in [1.807, 2.05) is 13.0 Å². The third kappa shape index (κ3) is 2.97. The predicted molar refractivity (Wildman–Crippen MR) is 87.0 cm³/mol. The number of carbonyl (C=O) groups excluding carboxylic acids is 1. The second kappa shape index (κ2) is 5.93. The Morgan fingerprint density at radius 2 is 2.05 bits per heavy atom. The molecule has 0 saturated carbocycles. The average molecular weight is 349 g/mol. The van der Waals surface area contributed by atoms with Crippen molar-refractivity contribution in [3.63, 3.8) is 0 Å². The highest BCUT2D eigenvalue weighted by molar-refractivity contribution is 9.10. The third-order valence-electron chi connectivity index (χ3n) is 3.79. The molecule has 0 radical (unpaired) electrons. The van der Waals surface area contributed by atoms with Gasteiger partial charge in [-0.15, -0.1) is 0 Å². The second-order valence-corrected chi connectivity index (χ2v) is 5.98. The summed E-state index contributed by atoms with van der Waals surface area (Å²) in [6.07, 6.45) is 4.00. The Morgan fingerprint density at radius 1 is 1.29 bits per heavy atom. The number of carbonyl (C=O) groups is 1. The van der Waals surface area contributed by atoms with Crippen LogP contribution in [-0.4, -0.2) is 19.0 Å². The SMILES string of the molecule is Cc1cc(N2CCCC2)ccc1NC(=O)c1ccoc1Br. The number of benzene rings is 1. The maximum Gasteiger partial charge on any atom is 0.260 e. The Kier molecular flexibility index (Phi) is 4.01. The number of hydrogen-bond donors (Lipinski definition) is 1. The van der Waals surface area contributed by atoms with Gasteiger partial charge in [0.2, 0.25) is 0 Å². The molecule has 0 bridgehead atoms. The topological polar surface area (TPSA) is 45.5 Å². The molecule has 1 aromatic heterocycles. The molecule has 1 fully saturated rings. The minimum absolute atomic E-state index is 0.173. The Morgan fingerprint density at radius 3 is 2.67 bits per heavy atom. The fourth-order valence-electron chi connectivity index (χ4n) is 2.61. The molecule has 1 aliphatic heterocycles. The molecule has 2 aromatic rings. The smallest absolute Gasteiger partial charge is 0.260 e. The van der Waals surface area contributed by atoms with Gasteiger partial charge in [0.1, 0.15) is 0 Å². The van der Waals surface area contributed by atoms with Crippen molar-refractivity contribution in [1.29, 1.82) is 0 Å². The van der Waals surface area contributed by atoms with E-state index in [1.54, 1.807) is 6.07 Å². The van der Waals surface area contributed by atoms with Crippen LogP contribution in [0.1, 0.15) is 28.8 Å². The Bertz CT molecular complexity index is 660. The number of nitrogens with zero attached hydrogens (tertiary/aromatic N) is 1. The van der Waals surface area contributed by atoms with Gasteiger partial charge in [-0.25, -0.2) is 0 Å². The lowest BCUT2D eigenvalue weighted by Gasteiger charge is -2.19. The van der Waals surface area contributed by atoms with Crippen molar-refractivity contribution in [2.24, 2.45) is 0 Å². The first kappa shape index (κ1) is 14.2. The summed E-state index contributed by atoms with van der Waals surface area (Å²) in [6.45, 7) is 4.25. The Labute approximate surface area is 132 Å². The van der Waals surface area contributed by atoms with Crippen LogP contribution in [0.2, 0.25) is 0 Å². The zero-order valence-electron chi connectivity index (χ0n) is 11.9. The molecule has 1 aromatic carbocycles. The van der Waals surface area contributed by atoms with Crippen molar-refractivity contribution in [3.8, 4) is 0 Å². The standard InChI is InChI=1S/C16H17BrN2O2/c1-11-10-12(19-7-2-3-8-19)4-5-14(11)18-16(20)13-6-9-21-15(13)17/h4-6,9-10H,2-3,7-8H2,1H3,(H,18,20). The molecule has 0 aliphatic carbocycles. The summed E-state index contributed by atoms with van der Waals surface area (Å²) in [5.74, 6) is -0.173. The summed E-state index contributed by atoms with van der Waals surface area (Å²) in [5, 5.41) is 2.92. The molecule has 3 rings (SSSR count). The molecule has 1 N–H and O–H groups in total. The maximum atomic E-state index is 12.2. The van der Waals surface area contributed by atoms with E-state index < -0.39 is 0 Å². The van der Waals surface area contributed by atoms with Crippen LogP contribution in [-0.2, 0) is 0 Å². The number of furan rings is 1. The van der Waals surface area contributed by atoms with Gasteiger partial charge in [-0.2, -0.15) is 0 Å². The summed E-state index contributed by atoms with van der Waals surface area (Å²) < 4.78 is 5.54. The van der Waals surface area contributed by atoms with E-state index in [4.69, 9.17) is 4.42 Å². The summed E-state index contributed by atoms with van der Waals surface area (Å²) in [6, 6.07) is 7.81. The fraction of sp³-hybridized carbons (Fsp3) is 0.312.